The van der Waals surface area contributed by atoms with Crippen LogP contribution in [0.5, 0.6) is 28.7 Å². The van der Waals surface area contributed by atoms with Crippen LogP contribution in [-0.4, -0.2) is 43.0 Å². The van der Waals surface area contributed by atoms with Crippen molar-refractivity contribution < 1.29 is 43.2 Å². The molecule has 10 heteroatoms. The van der Waals surface area contributed by atoms with Gasteiger partial charge in [-0.15, -0.1) is 0 Å². The van der Waals surface area contributed by atoms with E-state index in [1.807, 2.05) is 0 Å². The Morgan fingerprint density at radius 3 is 2.58 bits per heavy atom. The summed E-state index contributed by atoms with van der Waals surface area (Å²) < 4.78 is 26.8. The summed E-state index contributed by atoms with van der Waals surface area (Å²) in [5.41, 5.74) is 0.924. The van der Waals surface area contributed by atoms with Gasteiger partial charge in [0.25, 0.3) is 0 Å². The number of hydrogen-bond donors (Lipinski definition) is 2. The molecule has 0 amide bonds. The number of phenolic OH excluding ortho intramolecular Hbond substituents is 2. The van der Waals surface area contributed by atoms with E-state index in [9.17, 15) is 24.6 Å². The number of aromatic hydroxyl groups is 2. The Bertz CT molecular complexity index is 1640. The van der Waals surface area contributed by atoms with Gasteiger partial charge < -0.3 is 33.6 Å². The van der Waals surface area contributed by atoms with Crippen molar-refractivity contribution in [3.63, 3.8) is 0 Å². The second kappa shape index (κ2) is 9.81. The van der Waals surface area contributed by atoms with Gasteiger partial charge in [-0.2, -0.15) is 0 Å². The van der Waals surface area contributed by atoms with Crippen molar-refractivity contribution in [2.24, 2.45) is 0 Å². The zero-order valence-corrected chi connectivity index (χ0v) is 20.3. The van der Waals surface area contributed by atoms with Crippen molar-refractivity contribution in [3.05, 3.63) is 75.9 Å². The van der Waals surface area contributed by atoms with Gasteiger partial charge in [0, 0.05) is 29.2 Å². The minimum atomic E-state index is -0.626. The number of esters is 2. The fourth-order valence-electron chi connectivity index (χ4n) is 4.45. The number of fused-ring (bicyclic) bond motifs is 3. The second-order valence-electron chi connectivity index (χ2n) is 8.54. The van der Waals surface area contributed by atoms with Gasteiger partial charge in [0.1, 0.15) is 34.0 Å². The predicted octanol–water partition coefficient (Wildman–Crippen LogP) is 3.87. The molecule has 38 heavy (non-hydrogen) atoms. The summed E-state index contributed by atoms with van der Waals surface area (Å²) in [7, 11) is 2.67. The van der Waals surface area contributed by atoms with Crippen molar-refractivity contribution in [2.45, 2.75) is 12.3 Å². The van der Waals surface area contributed by atoms with E-state index in [-0.39, 0.29) is 47.0 Å². The number of methoxy groups -OCH3 is 2. The van der Waals surface area contributed by atoms with E-state index >= 15 is 0 Å². The van der Waals surface area contributed by atoms with Gasteiger partial charge in [-0.05, 0) is 35.9 Å². The summed E-state index contributed by atoms with van der Waals surface area (Å²) in [6.45, 7) is -0.299. The van der Waals surface area contributed by atoms with Gasteiger partial charge in [0.2, 0.25) is 0 Å². The maximum atomic E-state index is 13.1. The molecule has 0 unspecified atom stereocenters. The van der Waals surface area contributed by atoms with Gasteiger partial charge in [0.15, 0.2) is 23.5 Å². The van der Waals surface area contributed by atoms with Crippen LogP contribution < -0.4 is 19.6 Å². The SMILES string of the molecule is COC(=O)COc1cccc([C@@H]2CC(=O)Oc3cc(O)c4c(=O)cc(-c5ccc(OC)c(O)c5)oc4c32)c1. The maximum absolute atomic E-state index is 13.1. The molecule has 0 saturated heterocycles. The zero-order valence-electron chi connectivity index (χ0n) is 20.3. The van der Waals surface area contributed by atoms with Gasteiger partial charge in [-0.1, -0.05) is 12.1 Å². The molecule has 10 nitrogen and oxygen atoms in total. The highest BCUT2D eigenvalue weighted by Gasteiger charge is 2.34. The lowest BCUT2D eigenvalue weighted by atomic mass is 9.85. The molecule has 5 rings (SSSR count). The van der Waals surface area contributed by atoms with Crippen molar-refractivity contribution in [3.8, 4) is 40.1 Å². The largest absolute Gasteiger partial charge is 0.507 e. The Hall–Kier alpha value is -4.99. The summed E-state index contributed by atoms with van der Waals surface area (Å²) in [5, 5.41) is 20.8. The van der Waals surface area contributed by atoms with Crippen molar-refractivity contribution in [1.82, 2.24) is 0 Å². The Morgan fingerprint density at radius 1 is 1.03 bits per heavy atom. The lowest BCUT2D eigenvalue weighted by Gasteiger charge is -2.26. The first-order valence-corrected chi connectivity index (χ1v) is 11.5. The summed E-state index contributed by atoms with van der Waals surface area (Å²) in [5.74, 6) is -1.49. The maximum Gasteiger partial charge on any atom is 0.343 e. The Labute approximate surface area is 215 Å². The number of ether oxygens (including phenoxy) is 4. The highest BCUT2D eigenvalue weighted by Crippen LogP contribution is 2.46. The predicted molar refractivity (Wildman–Crippen MR) is 134 cm³/mol. The van der Waals surface area contributed by atoms with Crippen molar-refractivity contribution in [1.29, 1.82) is 0 Å². The molecule has 194 valence electrons. The van der Waals surface area contributed by atoms with Crippen LogP contribution in [0.4, 0.5) is 0 Å². The lowest BCUT2D eigenvalue weighted by Crippen LogP contribution is -2.22. The van der Waals surface area contributed by atoms with Gasteiger partial charge in [-0.3, -0.25) is 9.59 Å². The molecule has 2 N–H and O–H groups in total. The highest BCUT2D eigenvalue weighted by atomic mass is 16.6. The quantitative estimate of drug-likeness (QED) is 0.285. The summed E-state index contributed by atoms with van der Waals surface area (Å²) in [6.07, 6.45) is -0.0788. The van der Waals surface area contributed by atoms with E-state index in [4.69, 9.17) is 18.6 Å². The summed E-state index contributed by atoms with van der Waals surface area (Å²) in [4.78, 5) is 37.2. The molecular weight excluding hydrogens is 496 g/mol. The molecule has 2 heterocycles. The van der Waals surface area contributed by atoms with Crippen molar-refractivity contribution in [2.75, 3.05) is 20.8 Å². The topological polar surface area (TPSA) is 142 Å². The Balaban J connectivity index is 1.68. The molecule has 0 spiro atoms. The number of hydrogen-bond acceptors (Lipinski definition) is 10. The molecule has 0 aliphatic carbocycles. The number of phenols is 2. The summed E-state index contributed by atoms with van der Waals surface area (Å²) in [6, 6.07) is 13.7. The fourth-order valence-corrected chi connectivity index (χ4v) is 4.45. The molecule has 1 atom stereocenters. The molecule has 0 saturated carbocycles. The van der Waals surface area contributed by atoms with Crippen LogP contribution in [0.1, 0.15) is 23.5 Å². The van der Waals surface area contributed by atoms with Gasteiger partial charge >= 0.3 is 11.9 Å². The average Bonchev–Trinajstić information content (AvgIpc) is 2.90. The standard InChI is InChI=1S/C28H22O10/c1-34-21-7-6-15(9-18(21)29)22-11-19(30)27-20(31)12-23-26(28(27)38-22)17(10-24(32)37-23)14-4-3-5-16(8-14)36-13-25(33)35-2/h3-9,11-12,17,29,31H,10,13H2,1-2H3/t17-/m0/s1. The molecule has 0 bridgehead atoms. The normalized spacial score (nSPS) is 14.5. The highest BCUT2D eigenvalue weighted by molar-refractivity contribution is 5.93. The Kier molecular flexibility index (Phi) is 6.38. The van der Waals surface area contributed by atoms with Crippen LogP contribution in [0.15, 0.2) is 63.8 Å². The Morgan fingerprint density at radius 2 is 1.84 bits per heavy atom. The molecule has 1 aliphatic heterocycles. The minimum Gasteiger partial charge on any atom is -0.507 e. The number of carbonyl (C=O) groups excluding carboxylic acids is 2. The molecule has 4 aromatic rings. The molecule has 0 fully saturated rings. The number of carbonyl (C=O) groups is 2. The first-order chi connectivity index (χ1) is 18.3. The van der Waals surface area contributed by atoms with Crippen LogP contribution in [0, 0.1) is 0 Å². The van der Waals surface area contributed by atoms with Gasteiger partial charge in [-0.25, -0.2) is 4.79 Å². The van der Waals surface area contributed by atoms with E-state index in [1.165, 1.54) is 38.5 Å². The molecule has 0 radical (unpaired) electrons. The zero-order chi connectivity index (χ0) is 27.0. The van der Waals surface area contributed by atoms with Crippen LogP contribution in [0.25, 0.3) is 22.3 Å². The minimum absolute atomic E-state index is 0.0381. The average molecular weight is 518 g/mol. The third-order valence-corrected chi connectivity index (χ3v) is 6.23. The monoisotopic (exact) mass is 518 g/mol. The third kappa shape index (κ3) is 4.47. The molecular formula is C28H22O10. The van der Waals surface area contributed by atoms with E-state index in [1.54, 1.807) is 30.3 Å². The van der Waals surface area contributed by atoms with Crippen LogP contribution in [0.3, 0.4) is 0 Å². The fraction of sp³-hybridized carbons (Fsp3) is 0.179. The first-order valence-electron chi connectivity index (χ1n) is 11.5. The second-order valence-corrected chi connectivity index (χ2v) is 8.54. The smallest absolute Gasteiger partial charge is 0.343 e. The van der Waals surface area contributed by atoms with Crippen LogP contribution >= 0.6 is 0 Å². The molecule has 1 aliphatic rings. The van der Waals surface area contributed by atoms with E-state index < -0.39 is 29.0 Å². The molecule has 3 aromatic carbocycles. The lowest BCUT2D eigenvalue weighted by molar-refractivity contribution is -0.143. The third-order valence-electron chi connectivity index (χ3n) is 6.23. The van der Waals surface area contributed by atoms with Gasteiger partial charge in [0.05, 0.1) is 20.6 Å². The van der Waals surface area contributed by atoms with Crippen LogP contribution in [-0.2, 0) is 14.3 Å². The first kappa shape index (κ1) is 24.7. The van der Waals surface area contributed by atoms with E-state index in [2.05, 4.69) is 4.74 Å². The van der Waals surface area contributed by atoms with E-state index in [0.717, 1.165) is 0 Å². The number of benzene rings is 3. The van der Waals surface area contributed by atoms with Crippen molar-refractivity contribution >= 4 is 22.9 Å². The molecule has 1 aromatic heterocycles. The number of rotatable bonds is 6. The van der Waals surface area contributed by atoms with Crippen LogP contribution in [0.2, 0.25) is 0 Å². The van der Waals surface area contributed by atoms with E-state index in [0.29, 0.717) is 22.4 Å². The summed E-state index contributed by atoms with van der Waals surface area (Å²) >= 11 is 0.